The van der Waals surface area contributed by atoms with Gasteiger partial charge in [-0.1, -0.05) is 15.9 Å². The molecule has 5 nitrogen and oxygen atoms in total. The molecule has 1 saturated heterocycles. The summed E-state index contributed by atoms with van der Waals surface area (Å²) in [6, 6.07) is 5.69. The molecule has 0 bridgehead atoms. The van der Waals surface area contributed by atoms with E-state index in [1.165, 1.54) is 6.42 Å². The number of likely N-dealkylation sites (N-methyl/N-ethyl adjacent to an activating group) is 2. The van der Waals surface area contributed by atoms with Crippen LogP contribution in [0.15, 0.2) is 22.7 Å². The molecule has 1 aromatic carbocycles. The van der Waals surface area contributed by atoms with Crippen LogP contribution in [-0.2, 0) is 0 Å². The van der Waals surface area contributed by atoms with Gasteiger partial charge in [0, 0.05) is 30.2 Å². The number of halogens is 1. The maximum atomic E-state index is 11.1. The van der Waals surface area contributed by atoms with Crippen LogP contribution in [0, 0.1) is 10.1 Å². The molecule has 0 N–H and O–H groups in total. The minimum Gasteiger partial charge on any atom is -0.367 e. The SMILES string of the molecule is CN(CC1CCCN1C)c1ccc(Br)cc1[N+](=O)[O-]. The van der Waals surface area contributed by atoms with Crippen molar-refractivity contribution in [1.82, 2.24) is 4.90 Å². The molecule has 0 saturated carbocycles. The Labute approximate surface area is 121 Å². The van der Waals surface area contributed by atoms with Crippen molar-refractivity contribution in [1.29, 1.82) is 0 Å². The Morgan fingerprint density at radius 1 is 1.58 bits per heavy atom. The van der Waals surface area contributed by atoms with Crippen molar-refractivity contribution < 1.29 is 4.92 Å². The summed E-state index contributed by atoms with van der Waals surface area (Å²) >= 11 is 3.28. The Hall–Kier alpha value is -1.14. The standard InChI is InChI=1S/C13H18BrN3O2/c1-15-7-3-4-11(15)9-16(2)12-6-5-10(14)8-13(12)17(18)19/h5-6,8,11H,3-4,7,9H2,1-2H3. The average molecular weight is 328 g/mol. The van der Waals surface area contributed by atoms with E-state index in [2.05, 4.69) is 27.9 Å². The highest BCUT2D eigenvalue weighted by atomic mass is 79.9. The zero-order valence-electron chi connectivity index (χ0n) is 11.2. The molecule has 1 aliphatic heterocycles. The van der Waals surface area contributed by atoms with E-state index in [0.29, 0.717) is 11.7 Å². The van der Waals surface area contributed by atoms with Gasteiger partial charge >= 0.3 is 0 Å². The third-order valence-electron chi connectivity index (χ3n) is 3.70. The molecule has 2 rings (SSSR count). The van der Waals surface area contributed by atoms with Gasteiger partial charge in [0.25, 0.3) is 5.69 Å². The first-order valence-electron chi connectivity index (χ1n) is 6.34. The van der Waals surface area contributed by atoms with Crippen molar-refractivity contribution in [3.05, 3.63) is 32.8 Å². The fourth-order valence-electron chi connectivity index (χ4n) is 2.59. The molecule has 0 radical (unpaired) electrons. The van der Waals surface area contributed by atoms with Gasteiger partial charge in [-0.05, 0) is 38.6 Å². The molecule has 0 aromatic heterocycles. The van der Waals surface area contributed by atoms with E-state index >= 15 is 0 Å². The third kappa shape index (κ3) is 3.25. The van der Waals surface area contributed by atoms with Crippen LogP contribution in [0.25, 0.3) is 0 Å². The smallest absolute Gasteiger partial charge is 0.293 e. The number of likely N-dealkylation sites (tertiary alicyclic amines) is 1. The van der Waals surface area contributed by atoms with Crippen LogP contribution in [0.3, 0.4) is 0 Å². The van der Waals surface area contributed by atoms with Gasteiger partial charge in [-0.3, -0.25) is 10.1 Å². The lowest BCUT2D eigenvalue weighted by atomic mass is 10.2. The zero-order chi connectivity index (χ0) is 14.0. The van der Waals surface area contributed by atoms with E-state index in [-0.39, 0.29) is 10.6 Å². The maximum Gasteiger partial charge on any atom is 0.293 e. The number of benzene rings is 1. The Balaban J connectivity index is 2.18. The van der Waals surface area contributed by atoms with Crippen molar-refractivity contribution in [2.45, 2.75) is 18.9 Å². The monoisotopic (exact) mass is 327 g/mol. The minimum absolute atomic E-state index is 0.150. The molecule has 1 aliphatic rings. The fourth-order valence-corrected chi connectivity index (χ4v) is 2.94. The van der Waals surface area contributed by atoms with Gasteiger partial charge in [0.1, 0.15) is 5.69 Å². The number of anilines is 1. The lowest BCUT2D eigenvalue weighted by Gasteiger charge is -2.27. The lowest BCUT2D eigenvalue weighted by Crippen LogP contribution is -2.36. The molecule has 1 heterocycles. The number of nitro groups is 1. The number of hydrogen-bond donors (Lipinski definition) is 0. The van der Waals surface area contributed by atoms with Gasteiger partial charge in [0.2, 0.25) is 0 Å². The number of nitro benzene ring substituents is 1. The topological polar surface area (TPSA) is 49.6 Å². The fraction of sp³-hybridized carbons (Fsp3) is 0.538. The molecule has 104 valence electrons. The zero-order valence-corrected chi connectivity index (χ0v) is 12.8. The van der Waals surface area contributed by atoms with Crippen molar-refractivity contribution in [3.63, 3.8) is 0 Å². The highest BCUT2D eigenvalue weighted by Gasteiger charge is 2.25. The van der Waals surface area contributed by atoms with Gasteiger partial charge < -0.3 is 9.80 Å². The summed E-state index contributed by atoms with van der Waals surface area (Å²) in [5.74, 6) is 0. The first-order valence-corrected chi connectivity index (χ1v) is 7.13. The molecule has 1 unspecified atom stereocenters. The molecular formula is C13H18BrN3O2. The van der Waals surface area contributed by atoms with Crippen LogP contribution in [0.1, 0.15) is 12.8 Å². The Morgan fingerprint density at radius 2 is 2.32 bits per heavy atom. The van der Waals surface area contributed by atoms with Gasteiger partial charge in [-0.2, -0.15) is 0 Å². The quantitative estimate of drug-likeness (QED) is 0.630. The molecule has 0 spiro atoms. The largest absolute Gasteiger partial charge is 0.367 e. The average Bonchev–Trinajstić information content (AvgIpc) is 2.74. The molecule has 1 atom stereocenters. The van der Waals surface area contributed by atoms with E-state index in [9.17, 15) is 10.1 Å². The van der Waals surface area contributed by atoms with Crippen molar-refractivity contribution in [3.8, 4) is 0 Å². The van der Waals surface area contributed by atoms with Crippen LogP contribution >= 0.6 is 15.9 Å². The summed E-state index contributed by atoms with van der Waals surface area (Å²) < 4.78 is 0.731. The van der Waals surface area contributed by atoms with Gasteiger partial charge in [0.05, 0.1) is 4.92 Å². The van der Waals surface area contributed by atoms with Crippen LogP contribution in [-0.4, -0.2) is 43.0 Å². The number of rotatable bonds is 4. The minimum atomic E-state index is -0.324. The van der Waals surface area contributed by atoms with Gasteiger partial charge in [0.15, 0.2) is 0 Å². The van der Waals surface area contributed by atoms with Crippen LogP contribution in [0.2, 0.25) is 0 Å². The van der Waals surface area contributed by atoms with E-state index in [1.807, 2.05) is 18.0 Å². The number of nitrogens with zero attached hydrogens (tertiary/aromatic N) is 3. The third-order valence-corrected chi connectivity index (χ3v) is 4.19. The number of hydrogen-bond acceptors (Lipinski definition) is 4. The molecule has 6 heteroatoms. The highest BCUT2D eigenvalue weighted by Crippen LogP contribution is 2.31. The molecular weight excluding hydrogens is 310 g/mol. The predicted molar refractivity (Wildman–Crippen MR) is 79.7 cm³/mol. The van der Waals surface area contributed by atoms with Crippen LogP contribution in [0.4, 0.5) is 11.4 Å². The summed E-state index contributed by atoms with van der Waals surface area (Å²) in [4.78, 5) is 15.1. The van der Waals surface area contributed by atoms with E-state index < -0.39 is 0 Å². The van der Waals surface area contributed by atoms with Crippen molar-refractivity contribution in [2.24, 2.45) is 0 Å². The summed E-state index contributed by atoms with van der Waals surface area (Å²) in [7, 11) is 4.03. The second kappa shape index (κ2) is 5.88. The normalized spacial score (nSPS) is 19.6. The molecule has 1 aromatic rings. The van der Waals surface area contributed by atoms with E-state index in [1.54, 1.807) is 12.1 Å². The van der Waals surface area contributed by atoms with Crippen LogP contribution in [0.5, 0.6) is 0 Å². The highest BCUT2D eigenvalue weighted by molar-refractivity contribution is 9.10. The summed E-state index contributed by atoms with van der Waals surface area (Å²) in [5, 5.41) is 11.1. The Morgan fingerprint density at radius 3 is 2.89 bits per heavy atom. The molecule has 0 amide bonds. The first-order chi connectivity index (χ1) is 8.99. The van der Waals surface area contributed by atoms with E-state index in [0.717, 1.165) is 24.0 Å². The summed E-state index contributed by atoms with van der Waals surface area (Å²) in [6.07, 6.45) is 2.36. The Bertz CT molecular complexity index is 481. The first kappa shape index (κ1) is 14.3. The lowest BCUT2D eigenvalue weighted by molar-refractivity contribution is -0.384. The molecule has 1 fully saturated rings. The summed E-state index contributed by atoms with van der Waals surface area (Å²) in [6.45, 7) is 1.93. The van der Waals surface area contributed by atoms with Crippen molar-refractivity contribution >= 4 is 27.3 Å². The van der Waals surface area contributed by atoms with E-state index in [4.69, 9.17) is 0 Å². The van der Waals surface area contributed by atoms with Crippen LogP contribution < -0.4 is 4.90 Å². The Kier molecular flexibility index (Phi) is 4.42. The second-order valence-corrected chi connectivity index (χ2v) is 5.96. The summed E-state index contributed by atoms with van der Waals surface area (Å²) in [5.41, 5.74) is 0.825. The van der Waals surface area contributed by atoms with Gasteiger partial charge in [-0.25, -0.2) is 0 Å². The van der Waals surface area contributed by atoms with Gasteiger partial charge in [-0.15, -0.1) is 0 Å². The molecule has 0 aliphatic carbocycles. The maximum absolute atomic E-state index is 11.1. The molecule has 19 heavy (non-hydrogen) atoms. The van der Waals surface area contributed by atoms with Crippen molar-refractivity contribution in [2.75, 3.05) is 32.1 Å². The second-order valence-electron chi connectivity index (χ2n) is 5.05. The predicted octanol–water partition coefficient (Wildman–Crippen LogP) is 2.89.